The molecule has 94 valence electrons. The van der Waals surface area contributed by atoms with Crippen LogP contribution in [0.1, 0.15) is 40.0 Å². The second-order valence-corrected chi connectivity index (χ2v) is 5.15. The number of rotatable bonds is 5. The molecule has 16 heavy (non-hydrogen) atoms. The first kappa shape index (κ1) is 13.3. The molecule has 3 N–H and O–H groups in total. The zero-order valence-electron chi connectivity index (χ0n) is 10.7. The van der Waals surface area contributed by atoms with Crippen molar-refractivity contribution in [3.63, 3.8) is 0 Å². The SMILES string of the molecule is CCC(CC(N)=NO)N1CCC(C(C)C)C1. The maximum absolute atomic E-state index is 8.61. The van der Waals surface area contributed by atoms with Gasteiger partial charge in [0, 0.05) is 19.0 Å². The Bertz CT molecular complexity index is 240. The molecule has 1 aliphatic heterocycles. The van der Waals surface area contributed by atoms with E-state index in [2.05, 4.69) is 30.8 Å². The topological polar surface area (TPSA) is 61.9 Å². The minimum atomic E-state index is 0.347. The van der Waals surface area contributed by atoms with Crippen LogP contribution in [0.4, 0.5) is 0 Å². The standard InChI is InChI=1S/C12H25N3O/c1-4-11(7-12(13)14-16)15-6-5-10(8-15)9(2)3/h9-11,16H,4-8H2,1-3H3,(H2,13,14). The summed E-state index contributed by atoms with van der Waals surface area (Å²) in [6.45, 7) is 9.06. The molecular formula is C12H25N3O. The second-order valence-electron chi connectivity index (χ2n) is 5.15. The monoisotopic (exact) mass is 227 g/mol. The molecule has 1 aliphatic rings. The predicted molar refractivity (Wildman–Crippen MR) is 66.6 cm³/mol. The molecule has 0 spiro atoms. The van der Waals surface area contributed by atoms with Crippen LogP contribution in [0.25, 0.3) is 0 Å². The van der Waals surface area contributed by atoms with Crippen molar-refractivity contribution in [2.45, 2.75) is 46.1 Å². The highest BCUT2D eigenvalue weighted by Gasteiger charge is 2.29. The smallest absolute Gasteiger partial charge is 0.140 e. The van der Waals surface area contributed by atoms with E-state index in [1.165, 1.54) is 6.42 Å². The molecule has 0 aromatic heterocycles. The fourth-order valence-corrected chi connectivity index (χ4v) is 2.51. The summed E-state index contributed by atoms with van der Waals surface area (Å²) in [5, 5.41) is 11.7. The maximum Gasteiger partial charge on any atom is 0.140 e. The van der Waals surface area contributed by atoms with Crippen molar-refractivity contribution in [2.24, 2.45) is 22.7 Å². The van der Waals surface area contributed by atoms with Gasteiger partial charge in [-0.3, -0.25) is 4.90 Å². The average molecular weight is 227 g/mol. The third-order valence-corrected chi connectivity index (χ3v) is 3.76. The lowest BCUT2D eigenvalue weighted by atomic mass is 9.95. The summed E-state index contributed by atoms with van der Waals surface area (Å²) in [6.07, 6.45) is 3.02. The van der Waals surface area contributed by atoms with Crippen molar-refractivity contribution in [1.29, 1.82) is 0 Å². The third kappa shape index (κ3) is 3.37. The number of likely N-dealkylation sites (tertiary alicyclic amines) is 1. The van der Waals surface area contributed by atoms with Crippen molar-refractivity contribution < 1.29 is 5.21 Å². The molecule has 0 aliphatic carbocycles. The van der Waals surface area contributed by atoms with Crippen molar-refractivity contribution in [3.05, 3.63) is 0 Å². The normalized spacial score (nSPS) is 25.2. The third-order valence-electron chi connectivity index (χ3n) is 3.76. The lowest BCUT2D eigenvalue weighted by Crippen LogP contribution is -2.36. The molecule has 0 bridgehead atoms. The minimum Gasteiger partial charge on any atom is -0.409 e. The van der Waals surface area contributed by atoms with E-state index < -0.39 is 0 Å². The molecule has 1 fully saturated rings. The van der Waals surface area contributed by atoms with Gasteiger partial charge in [0.2, 0.25) is 0 Å². The Morgan fingerprint density at radius 3 is 2.69 bits per heavy atom. The molecule has 4 heteroatoms. The summed E-state index contributed by atoms with van der Waals surface area (Å²) in [7, 11) is 0. The number of amidine groups is 1. The van der Waals surface area contributed by atoms with Gasteiger partial charge in [0.25, 0.3) is 0 Å². The van der Waals surface area contributed by atoms with E-state index >= 15 is 0 Å². The van der Waals surface area contributed by atoms with Crippen LogP contribution in [-0.4, -0.2) is 35.1 Å². The highest BCUT2D eigenvalue weighted by Crippen LogP contribution is 2.26. The van der Waals surface area contributed by atoms with Gasteiger partial charge >= 0.3 is 0 Å². The molecular weight excluding hydrogens is 202 g/mol. The molecule has 0 radical (unpaired) electrons. The number of nitrogens with zero attached hydrogens (tertiary/aromatic N) is 2. The van der Waals surface area contributed by atoms with E-state index in [0.717, 1.165) is 31.3 Å². The zero-order chi connectivity index (χ0) is 12.1. The van der Waals surface area contributed by atoms with Gasteiger partial charge in [-0.05, 0) is 31.2 Å². The van der Waals surface area contributed by atoms with Crippen molar-refractivity contribution in [3.8, 4) is 0 Å². The highest BCUT2D eigenvalue weighted by atomic mass is 16.4. The number of oxime groups is 1. The average Bonchev–Trinajstić information content (AvgIpc) is 2.74. The summed E-state index contributed by atoms with van der Waals surface area (Å²) in [6, 6.07) is 0.430. The van der Waals surface area contributed by atoms with Crippen LogP contribution in [0, 0.1) is 11.8 Å². The van der Waals surface area contributed by atoms with Crippen LogP contribution < -0.4 is 5.73 Å². The maximum atomic E-state index is 8.61. The van der Waals surface area contributed by atoms with Crippen LogP contribution in [-0.2, 0) is 0 Å². The molecule has 1 rings (SSSR count). The molecule has 1 saturated heterocycles. The second kappa shape index (κ2) is 6.09. The Morgan fingerprint density at radius 1 is 1.56 bits per heavy atom. The molecule has 2 atom stereocenters. The predicted octanol–water partition coefficient (Wildman–Crippen LogP) is 1.88. The molecule has 0 amide bonds. The number of hydrogen-bond donors (Lipinski definition) is 2. The Morgan fingerprint density at radius 2 is 2.25 bits per heavy atom. The van der Waals surface area contributed by atoms with E-state index in [1.54, 1.807) is 0 Å². The summed E-state index contributed by atoms with van der Waals surface area (Å²) < 4.78 is 0. The summed E-state index contributed by atoms with van der Waals surface area (Å²) in [5.74, 6) is 1.91. The lowest BCUT2D eigenvalue weighted by Gasteiger charge is -2.27. The Kier molecular flexibility index (Phi) is 5.06. The van der Waals surface area contributed by atoms with Crippen LogP contribution in [0.5, 0.6) is 0 Å². The first-order valence-corrected chi connectivity index (χ1v) is 6.28. The fraction of sp³-hybridized carbons (Fsp3) is 0.917. The summed E-state index contributed by atoms with van der Waals surface area (Å²) >= 11 is 0. The van der Waals surface area contributed by atoms with Gasteiger partial charge in [-0.15, -0.1) is 0 Å². The highest BCUT2D eigenvalue weighted by molar-refractivity contribution is 5.80. The fourth-order valence-electron chi connectivity index (χ4n) is 2.51. The van der Waals surface area contributed by atoms with Gasteiger partial charge in [0.05, 0.1) is 0 Å². The van der Waals surface area contributed by atoms with Gasteiger partial charge in [0.1, 0.15) is 5.84 Å². The van der Waals surface area contributed by atoms with E-state index in [1.807, 2.05) is 0 Å². The van der Waals surface area contributed by atoms with Gasteiger partial charge < -0.3 is 10.9 Å². The minimum absolute atomic E-state index is 0.347. The quantitative estimate of drug-likeness (QED) is 0.326. The van der Waals surface area contributed by atoms with Crippen LogP contribution in [0.3, 0.4) is 0 Å². The first-order valence-electron chi connectivity index (χ1n) is 6.28. The van der Waals surface area contributed by atoms with E-state index in [-0.39, 0.29) is 0 Å². The number of nitrogens with two attached hydrogens (primary N) is 1. The molecule has 4 nitrogen and oxygen atoms in total. The van der Waals surface area contributed by atoms with Gasteiger partial charge in [-0.25, -0.2) is 0 Å². The van der Waals surface area contributed by atoms with Gasteiger partial charge in [0.15, 0.2) is 0 Å². The van der Waals surface area contributed by atoms with Crippen LogP contribution >= 0.6 is 0 Å². The van der Waals surface area contributed by atoms with E-state index in [9.17, 15) is 0 Å². The molecule has 0 aromatic rings. The van der Waals surface area contributed by atoms with Gasteiger partial charge in [-0.1, -0.05) is 25.9 Å². The largest absolute Gasteiger partial charge is 0.409 e. The molecule has 0 aromatic carbocycles. The van der Waals surface area contributed by atoms with Gasteiger partial charge in [-0.2, -0.15) is 0 Å². The summed E-state index contributed by atoms with van der Waals surface area (Å²) in [5.41, 5.74) is 5.58. The Labute approximate surface area is 98.5 Å². The molecule has 2 unspecified atom stereocenters. The van der Waals surface area contributed by atoms with Crippen LogP contribution in [0.15, 0.2) is 5.16 Å². The van der Waals surface area contributed by atoms with E-state index in [4.69, 9.17) is 10.9 Å². The van der Waals surface area contributed by atoms with Crippen molar-refractivity contribution >= 4 is 5.84 Å². The van der Waals surface area contributed by atoms with E-state index in [0.29, 0.717) is 18.3 Å². The lowest BCUT2D eigenvalue weighted by molar-refractivity contribution is 0.221. The number of hydrogen-bond acceptors (Lipinski definition) is 3. The zero-order valence-corrected chi connectivity index (χ0v) is 10.7. The van der Waals surface area contributed by atoms with Crippen molar-refractivity contribution in [1.82, 2.24) is 4.90 Å². The first-order chi connectivity index (χ1) is 7.58. The summed E-state index contributed by atoms with van der Waals surface area (Å²) in [4.78, 5) is 2.49. The Hall–Kier alpha value is -0.770. The van der Waals surface area contributed by atoms with Crippen molar-refractivity contribution in [2.75, 3.05) is 13.1 Å². The molecule has 0 saturated carbocycles. The Balaban J connectivity index is 2.49. The molecule has 1 heterocycles. The van der Waals surface area contributed by atoms with Crippen LogP contribution in [0.2, 0.25) is 0 Å².